The van der Waals surface area contributed by atoms with Gasteiger partial charge in [-0.3, -0.25) is 14.4 Å². The first-order chi connectivity index (χ1) is 4.54. The first-order valence-corrected chi connectivity index (χ1v) is 2.54. The van der Waals surface area contributed by atoms with Crippen LogP contribution in [0, 0.1) is 0 Å². The van der Waals surface area contributed by atoms with Gasteiger partial charge >= 0.3 is 5.97 Å². The molecular formula is C5H7NO4Pb. The largest absolute Gasteiger partial charge is 0.480 e. The summed E-state index contributed by atoms with van der Waals surface area (Å²) in [4.78, 5) is 30.3. The summed E-state index contributed by atoms with van der Waals surface area (Å²) in [7, 11) is 0. The van der Waals surface area contributed by atoms with Gasteiger partial charge in [-0.15, -0.1) is 0 Å². The topological polar surface area (TPSA) is 83.5 Å². The van der Waals surface area contributed by atoms with Crippen LogP contribution in [-0.2, 0) is 14.4 Å². The van der Waals surface area contributed by atoms with Crippen molar-refractivity contribution < 1.29 is 19.5 Å². The molecule has 5 nitrogen and oxygen atoms in total. The van der Waals surface area contributed by atoms with E-state index in [1.807, 2.05) is 5.32 Å². The molecule has 0 aromatic carbocycles. The standard InChI is InChI=1S/C5H7NO4.Pb/c1-3(7)5(10)6-2-4(8)9;/h2H2,1H3,(H,6,10)(H,8,9);. The molecule has 0 rings (SSSR count). The van der Waals surface area contributed by atoms with Crippen LogP contribution >= 0.6 is 0 Å². The second-order valence-corrected chi connectivity index (χ2v) is 1.63. The van der Waals surface area contributed by atoms with E-state index in [1.54, 1.807) is 0 Å². The maximum atomic E-state index is 10.3. The predicted octanol–water partition coefficient (Wildman–Crippen LogP) is -1.60. The Bertz CT molecular complexity index is 179. The third kappa shape index (κ3) is 7.43. The van der Waals surface area contributed by atoms with E-state index >= 15 is 0 Å². The molecule has 0 saturated carbocycles. The maximum Gasteiger partial charge on any atom is 0.322 e. The molecule has 0 fully saturated rings. The predicted molar refractivity (Wildman–Crippen MR) is 37.1 cm³/mol. The normalized spacial score (nSPS) is 7.73. The summed E-state index contributed by atoms with van der Waals surface area (Å²) >= 11 is 0. The summed E-state index contributed by atoms with van der Waals surface area (Å²) in [6.07, 6.45) is 0. The van der Waals surface area contributed by atoms with E-state index in [-0.39, 0.29) is 27.3 Å². The zero-order chi connectivity index (χ0) is 8.15. The van der Waals surface area contributed by atoms with Crippen molar-refractivity contribution >= 4 is 45.0 Å². The summed E-state index contributed by atoms with van der Waals surface area (Å²) in [5, 5.41) is 9.91. The van der Waals surface area contributed by atoms with Gasteiger partial charge in [0.25, 0.3) is 5.91 Å². The molecule has 1 amide bonds. The van der Waals surface area contributed by atoms with Gasteiger partial charge in [-0.2, -0.15) is 0 Å². The molecule has 0 heterocycles. The number of nitrogens with one attached hydrogen (secondary N) is 1. The van der Waals surface area contributed by atoms with Crippen LogP contribution in [0.4, 0.5) is 0 Å². The minimum absolute atomic E-state index is 0. The van der Waals surface area contributed by atoms with Crippen LogP contribution < -0.4 is 5.32 Å². The molecule has 0 atom stereocenters. The minimum Gasteiger partial charge on any atom is -0.480 e. The summed E-state index contributed by atoms with van der Waals surface area (Å²) < 4.78 is 0. The van der Waals surface area contributed by atoms with Crippen molar-refractivity contribution in [3.63, 3.8) is 0 Å². The van der Waals surface area contributed by atoms with Crippen molar-refractivity contribution in [3.8, 4) is 0 Å². The molecule has 0 saturated heterocycles. The number of carbonyl (C=O) groups is 3. The van der Waals surface area contributed by atoms with Gasteiger partial charge in [-0.25, -0.2) is 0 Å². The Kier molecular flexibility index (Phi) is 7.48. The average Bonchev–Trinajstić information content (AvgIpc) is 1.82. The zero-order valence-corrected chi connectivity index (χ0v) is 9.77. The average molecular weight is 352 g/mol. The molecule has 2 N–H and O–H groups in total. The Morgan fingerprint density at radius 1 is 1.36 bits per heavy atom. The number of hydrogen-bond acceptors (Lipinski definition) is 3. The van der Waals surface area contributed by atoms with Gasteiger partial charge in [0, 0.05) is 34.2 Å². The second kappa shape index (κ2) is 6.26. The van der Waals surface area contributed by atoms with E-state index in [2.05, 4.69) is 0 Å². The van der Waals surface area contributed by atoms with Gasteiger partial charge in [0.15, 0.2) is 0 Å². The van der Waals surface area contributed by atoms with Gasteiger partial charge in [0.1, 0.15) is 6.54 Å². The molecular weight excluding hydrogens is 345 g/mol. The molecule has 6 heteroatoms. The van der Waals surface area contributed by atoms with Gasteiger partial charge in [-0.05, 0) is 0 Å². The van der Waals surface area contributed by atoms with Crippen molar-refractivity contribution in [3.05, 3.63) is 0 Å². The van der Waals surface area contributed by atoms with Crippen LogP contribution in [0.2, 0.25) is 0 Å². The van der Waals surface area contributed by atoms with E-state index in [0.717, 1.165) is 6.92 Å². The van der Waals surface area contributed by atoms with Crippen molar-refractivity contribution in [1.82, 2.24) is 5.32 Å². The van der Waals surface area contributed by atoms with Crippen LogP contribution in [0.3, 0.4) is 0 Å². The molecule has 0 unspecified atom stereocenters. The first kappa shape index (κ1) is 13.1. The molecule has 0 aliphatic carbocycles. The Labute approximate surface area is 83.3 Å². The van der Waals surface area contributed by atoms with Crippen LogP contribution in [0.15, 0.2) is 0 Å². The summed E-state index contributed by atoms with van der Waals surface area (Å²) in [5.74, 6) is -2.74. The van der Waals surface area contributed by atoms with Gasteiger partial charge < -0.3 is 10.4 Å². The van der Waals surface area contributed by atoms with Crippen LogP contribution in [0.1, 0.15) is 6.92 Å². The molecule has 0 bridgehead atoms. The Morgan fingerprint density at radius 2 is 1.82 bits per heavy atom. The van der Waals surface area contributed by atoms with Crippen molar-refractivity contribution in [2.24, 2.45) is 0 Å². The van der Waals surface area contributed by atoms with Gasteiger partial charge in [-0.1, -0.05) is 0 Å². The maximum absolute atomic E-state index is 10.3. The molecule has 60 valence electrons. The van der Waals surface area contributed by atoms with Crippen LogP contribution in [0.5, 0.6) is 0 Å². The third-order valence-electron chi connectivity index (χ3n) is 0.720. The fraction of sp³-hybridized carbons (Fsp3) is 0.400. The summed E-state index contributed by atoms with van der Waals surface area (Å²) in [6, 6.07) is 0. The number of amides is 1. The minimum atomic E-state index is -1.17. The molecule has 0 aliphatic rings. The zero-order valence-electron chi connectivity index (χ0n) is 5.88. The number of rotatable bonds is 3. The van der Waals surface area contributed by atoms with Crippen molar-refractivity contribution in [2.75, 3.05) is 6.54 Å². The number of hydrogen-bond donors (Lipinski definition) is 2. The molecule has 11 heavy (non-hydrogen) atoms. The fourth-order valence-corrected chi connectivity index (χ4v) is 0.280. The molecule has 0 aliphatic heterocycles. The van der Waals surface area contributed by atoms with Crippen LogP contribution in [0.25, 0.3) is 0 Å². The summed E-state index contributed by atoms with van der Waals surface area (Å²) in [6.45, 7) is 0.551. The Morgan fingerprint density at radius 3 is 2.09 bits per heavy atom. The number of ketones is 1. The van der Waals surface area contributed by atoms with E-state index in [4.69, 9.17) is 5.11 Å². The number of carboxylic acids is 1. The van der Waals surface area contributed by atoms with Crippen molar-refractivity contribution in [2.45, 2.75) is 6.92 Å². The molecule has 4 radical (unpaired) electrons. The molecule has 0 aromatic rings. The van der Waals surface area contributed by atoms with E-state index in [0.29, 0.717) is 0 Å². The quantitative estimate of drug-likeness (QED) is 0.473. The van der Waals surface area contributed by atoms with Gasteiger partial charge in [0.05, 0.1) is 0 Å². The molecule has 0 aromatic heterocycles. The first-order valence-electron chi connectivity index (χ1n) is 2.54. The Balaban J connectivity index is 0. The molecule has 0 spiro atoms. The second-order valence-electron chi connectivity index (χ2n) is 1.63. The number of carboxylic acid groups (broad SMARTS) is 1. The van der Waals surface area contributed by atoms with Crippen molar-refractivity contribution in [1.29, 1.82) is 0 Å². The van der Waals surface area contributed by atoms with E-state index in [1.165, 1.54) is 0 Å². The van der Waals surface area contributed by atoms with E-state index in [9.17, 15) is 14.4 Å². The Hall–Kier alpha value is -0.468. The smallest absolute Gasteiger partial charge is 0.322 e. The summed E-state index contributed by atoms with van der Waals surface area (Å²) in [5.41, 5.74) is 0. The SMILES string of the molecule is CC(=O)C(=O)NCC(=O)O.[Pb]. The number of aliphatic carboxylic acids is 1. The fourth-order valence-electron chi connectivity index (χ4n) is 0.280. The monoisotopic (exact) mass is 353 g/mol. The third-order valence-corrected chi connectivity index (χ3v) is 0.720. The van der Waals surface area contributed by atoms with Crippen LogP contribution in [-0.4, -0.2) is 56.6 Å². The number of Topliss-reactive ketones (excluding diaryl/α,β-unsaturated/α-hetero) is 1. The number of carbonyl (C=O) groups excluding carboxylic acids is 2. The van der Waals surface area contributed by atoms with E-state index < -0.39 is 24.2 Å². The van der Waals surface area contributed by atoms with Gasteiger partial charge in [0.2, 0.25) is 5.78 Å².